The van der Waals surface area contributed by atoms with Crippen LogP contribution in [-0.2, 0) is 171 Å². The average Bonchev–Trinajstić information content (AvgIpc) is 0.768. The van der Waals surface area contributed by atoms with Gasteiger partial charge >= 0.3 is 0 Å². The van der Waals surface area contributed by atoms with Crippen LogP contribution in [0.1, 0.15) is 11.9 Å². The topological polar surface area (TPSA) is 332 Å². The second-order valence-corrected chi connectivity index (χ2v) is 26.4. The fourth-order valence-electron chi connectivity index (χ4n) is 15.8. The van der Waals surface area contributed by atoms with Gasteiger partial charge in [0.2, 0.25) is 0 Å². The molecule has 1 aromatic carbocycles. The molecular formula is C70H118O36. The Morgan fingerprint density at radius 2 is 0.387 bits per heavy atom. The van der Waals surface area contributed by atoms with E-state index < -0.39 is 221 Å². The summed E-state index contributed by atoms with van der Waals surface area (Å²) in [6.45, 7) is -0.447. The summed E-state index contributed by atoms with van der Waals surface area (Å²) in [5.41, 5.74) is 0.652. The van der Waals surface area contributed by atoms with Crippen molar-refractivity contribution in [2.75, 3.05) is 196 Å². The smallest absolute Gasteiger partial charge is 0.187 e. The fourth-order valence-corrected chi connectivity index (χ4v) is 15.8. The van der Waals surface area contributed by atoms with Gasteiger partial charge in [-0.05, 0) is 0 Å². The lowest BCUT2D eigenvalue weighted by atomic mass is 9.94. The minimum Gasteiger partial charge on any atom is -0.382 e. The zero-order valence-corrected chi connectivity index (χ0v) is 64.8. The van der Waals surface area contributed by atoms with E-state index in [2.05, 4.69) is 0 Å². The zero-order chi connectivity index (χ0) is 76.3. The predicted octanol–water partition coefficient (Wildman–Crippen LogP) is 0.221. The number of ether oxygens (including phenoxy) is 36. The Bertz CT molecular complexity index is 2580. The first-order valence-corrected chi connectivity index (χ1v) is 35.4. The van der Waals surface area contributed by atoms with Crippen molar-refractivity contribution in [2.24, 2.45) is 0 Å². The first-order chi connectivity index (χ1) is 51.7. The van der Waals surface area contributed by atoms with Gasteiger partial charge in [-0.1, -0.05) is 30.3 Å². The van der Waals surface area contributed by atoms with Crippen LogP contribution in [0.2, 0.25) is 0 Å². The number of hydrogen-bond acceptors (Lipinski definition) is 36. The molecule has 0 aliphatic carbocycles. The van der Waals surface area contributed by atoms with E-state index in [-0.39, 0.29) is 46.2 Å². The van der Waals surface area contributed by atoms with E-state index in [0.29, 0.717) is 5.56 Å². The molecule has 0 amide bonds. The highest BCUT2D eigenvalue weighted by Crippen LogP contribution is 2.44. The van der Waals surface area contributed by atoms with E-state index in [9.17, 15) is 0 Å². The Hall–Kier alpha value is -2.22. The third-order valence-electron chi connectivity index (χ3n) is 20.6. The summed E-state index contributed by atoms with van der Waals surface area (Å²) < 4.78 is 236. The Kier molecular flexibility index (Phi) is 35.9. The molecule has 36 nitrogen and oxygen atoms in total. The van der Waals surface area contributed by atoms with Gasteiger partial charge in [0.05, 0.1) is 46.2 Å². The first kappa shape index (κ1) is 87.7. The van der Waals surface area contributed by atoms with Crippen LogP contribution < -0.4 is 0 Å². The summed E-state index contributed by atoms with van der Waals surface area (Å²) >= 11 is 0. The molecule has 1 aromatic rings. The van der Waals surface area contributed by atoms with Gasteiger partial charge in [0.15, 0.2) is 50.3 Å². The molecule has 36 atom stereocenters. The van der Waals surface area contributed by atoms with Gasteiger partial charge in [0.1, 0.15) is 171 Å². The molecule has 21 aliphatic heterocycles. The lowest BCUT2D eigenvalue weighted by Gasteiger charge is -2.52. The van der Waals surface area contributed by atoms with Crippen molar-refractivity contribution >= 4 is 0 Å². The molecule has 614 valence electrons. The Labute approximate surface area is 621 Å². The summed E-state index contributed by atoms with van der Waals surface area (Å²) in [6.07, 6.45) is -38.7. The molecule has 21 aliphatic rings. The Balaban J connectivity index is 1.17. The van der Waals surface area contributed by atoms with Crippen LogP contribution in [0.25, 0.3) is 0 Å². The SMILES string of the molecule is COC[C@H]1O[C@@H]2O[C@H]3[C@H](OC)[C@@H](OC(OC)c4ccccc4)[C@@H](O[C@H]4[C@H](OC)[C@@H](OC)[C@@H](O[C@H]5[C@H](OC)[C@@H](OC)[C@@H](O[C@H]6[C@H](OC)[C@@H](OC)[C@@H](O[C@H]7[C@H](OC)[C@@H](OC)[C@@H](O[C@H]8[C@H](OC)[C@@H](OC)[C@@H](O[C@H]1[C@H](OC)[C@@H]2OC)O[C@@H]8COC)O[C@@H]7COC)O[C@@H]6COC)O[C@@H]5COC)O[C@@H]4COC)O[C@@H]3COC. The van der Waals surface area contributed by atoms with Crippen LogP contribution in [0.3, 0.4) is 0 Å². The van der Waals surface area contributed by atoms with Crippen LogP contribution in [0.4, 0.5) is 0 Å². The maximum Gasteiger partial charge on any atom is 0.187 e. The highest BCUT2D eigenvalue weighted by molar-refractivity contribution is 5.16. The van der Waals surface area contributed by atoms with Gasteiger partial charge in [-0.15, -0.1) is 0 Å². The minimum atomic E-state index is -1.37. The molecule has 21 saturated heterocycles. The highest BCUT2D eigenvalue weighted by atomic mass is 16.8. The van der Waals surface area contributed by atoms with Gasteiger partial charge in [0.25, 0.3) is 0 Å². The average molecular weight is 1540 g/mol. The summed E-state index contributed by atoms with van der Waals surface area (Å²) in [6, 6.07) is 9.30. The molecule has 14 bridgehead atoms. The molecule has 22 rings (SSSR count). The summed E-state index contributed by atoms with van der Waals surface area (Å²) in [7, 11) is 31.7. The predicted molar refractivity (Wildman–Crippen MR) is 359 cm³/mol. The largest absolute Gasteiger partial charge is 0.382 e. The molecule has 106 heavy (non-hydrogen) atoms. The Morgan fingerprint density at radius 3 is 0.547 bits per heavy atom. The van der Waals surface area contributed by atoms with Gasteiger partial charge < -0.3 is 171 Å². The van der Waals surface area contributed by atoms with Crippen LogP contribution in [-0.4, -0.2) is 410 Å². The lowest BCUT2D eigenvalue weighted by Crippen LogP contribution is -2.69. The van der Waals surface area contributed by atoms with Crippen molar-refractivity contribution in [3.63, 3.8) is 0 Å². The molecule has 1 unspecified atom stereocenters. The van der Waals surface area contributed by atoms with Crippen LogP contribution in [0, 0.1) is 0 Å². The quantitative estimate of drug-likeness (QED) is 0.0898. The number of benzene rings is 1. The molecule has 21 heterocycles. The van der Waals surface area contributed by atoms with Crippen molar-refractivity contribution < 1.29 is 171 Å². The molecule has 0 aromatic heterocycles. The standard InChI is InChI=1S/C70H118O36/c1-71-27-35-42-49(78-8)56(85-15)65(92-35)100-44-37(29-73-3)94-67(58(87-17)51(44)80-10)102-46-39(31-75-5)96-69(60(89-19)53(46)82-12)104-48-41(33-77-7)98-70(62(55(48)84-14)106-63(91-21)34-25-23-22-24-26-34)105-47-40(32-76-6)97-68(61(90-20)54(47)83-13)103-45-38(30-74-4)95-66(59(88-18)52(45)81-11)101-43-36(28-72-2)93-64(99-42)57(86-16)50(43)79-9/h22-26,35-70H,27-33H2,1-21H3/t35-,36-,37-,38-,39-,40-,41-,42-,43-,44-,45-,46-,47-,48-,49+,50+,51+,52+,53+,54+,55+,56-,57-,58-,59-,60+,61-,62-,63?,64-,65-,66-,67-,68-,69-,70-/m1/s1. The molecular weight excluding hydrogens is 1420 g/mol. The first-order valence-electron chi connectivity index (χ1n) is 35.4. The van der Waals surface area contributed by atoms with Gasteiger partial charge in [0, 0.05) is 155 Å². The molecule has 36 heteroatoms. The van der Waals surface area contributed by atoms with Gasteiger partial charge in [-0.3, -0.25) is 0 Å². The normalized spacial score (nSPS) is 43.8. The van der Waals surface area contributed by atoms with Crippen molar-refractivity contribution in [3.05, 3.63) is 35.9 Å². The monoisotopic (exact) mass is 1530 g/mol. The Morgan fingerprint density at radius 1 is 0.217 bits per heavy atom. The fraction of sp³-hybridized carbons (Fsp3) is 0.914. The third kappa shape index (κ3) is 19.4. The van der Waals surface area contributed by atoms with Crippen LogP contribution in [0.15, 0.2) is 30.3 Å². The van der Waals surface area contributed by atoms with Crippen molar-refractivity contribution in [3.8, 4) is 0 Å². The maximum atomic E-state index is 7.26. The second-order valence-electron chi connectivity index (χ2n) is 26.4. The summed E-state index contributed by atoms with van der Waals surface area (Å²) in [5, 5.41) is 0. The highest BCUT2D eigenvalue weighted by Gasteiger charge is 2.62. The molecule has 0 saturated carbocycles. The summed E-state index contributed by atoms with van der Waals surface area (Å²) in [4.78, 5) is 0. The lowest BCUT2D eigenvalue weighted by molar-refractivity contribution is -0.408. The van der Waals surface area contributed by atoms with E-state index >= 15 is 0 Å². The molecule has 0 spiro atoms. The zero-order valence-electron chi connectivity index (χ0n) is 64.8. The van der Waals surface area contributed by atoms with Crippen molar-refractivity contribution in [1.29, 1.82) is 0 Å². The van der Waals surface area contributed by atoms with Crippen molar-refractivity contribution in [2.45, 2.75) is 221 Å². The van der Waals surface area contributed by atoms with Gasteiger partial charge in [-0.2, -0.15) is 0 Å². The minimum absolute atomic E-state index is 0.0472. The maximum absolute atomic E-state index is 7.26. The summed E-state index contributed by atoms with van der Waals surface area (Å²) in [5.74, 6) is 0. The molecule has 0 radical (unpaired) electrons. The van der Waals surface area contributed by atoms with Crippen LogP contribution in [0.5, 0.6) is 0 Å². The van der Waals surface area contributed by atoms with Crippen LogP contribution >= 0.6 is 0 Å². The van der Waals surface area contributed by atoms with Gasteiger partial charge in [-0.25, -0.2) is 0 Å². The van der Waals surface area contributed by atoms with Crippen molar-refractivity contribution in [1.82, 2.24) is 0 Å². The second kappa shape index (κ2) is 43.3. The molecule has 21 fully saturated rings. The van der Waals surface area contributed by atoms with E-state index in [1.807, 2.05) is 30.3 Å². The third-order valence-corrected chi connectivity index (χ3v) is 20.6. The molecule has 0 N–H and O–H groups in total. The van der Waals surface area contributed by atoms with E-state index in [4.69, 9.17) is 171 Å². The van der Waals surface area contributed by atoms with E-state index in [1.165, 1.54) is 149 Å². The number of rotatable bonds is 31. The van der Waals surface area contributed by atoms with E-state index in [1.54, 1.807) is 0 Å². The number of methoxy groups -OCH3 is 21. The number of hydrogen-bond donors (Lipinski definition) is 0. The van der Waals surface area contributed by atoms with E-state index in [0.717, 1.165) is 0 Å².